The van der Waals surface area contributed by atoms with Gasteiger partial charge in [0.25, 0.3) is 0 Å². The van der Waals surface area contributed by atoms with E-state index < -0.39 is 0 Å². The minimum absolute atomic E-state index is 0.266. The number of rotatable bonds is 5. The Balaban J connectivity index is 1.39. The zero-order valence-electron chi connectivity index (χ0n) is 11.2. The molecule has 19 heavy (non-hydrogen) atoms. The van der Waals surface area contributed by atoms with Crippen LogP contribution in [0.5, 0.6) is 0 Å². The van der Waals surface area contributed by atoms with Gasteiger partial charge in [-0.2, -0.15) is 11.3 Å². The van der Waals surface area contributed by atoms with Crippen LogP contribution in [0.3, 0.4) is 0 Å². The van der Waals surface area contributed by atoms with Gasteiger partial charge in [0.15, 0.2) is 0 Å². The van der Waals surface area contributed by atoms with Crippen molar-refractivity contribution >= 4 is 17.2 Å². The molecule has 0 atom stereocenters. The number of nitrogens with zero attached hydrogens (tertiary/aromatic N) is 2. The van der Waals surface area contributed by atoms with Gasteiger partial charge < -0.3 is 10.2 Å². The fraction of sp³-hybridized carbons (Fsp3) is 0.643. The van der Waals surface area contributed by atoms with Crippen LogP contribution in [-0.2, 0) is 11.3 Å². The van der Waals surface area contributed by atoms with Gasteiger partial charge in [0.05, 0.1) is 6.54 Å². The Kier molecular flexibility index (Phi) is 4.15. The number of amides is 1. The van der Waals surface area contributed by atoms with E-state index in [2.05, 4.69) is 27.0 Å². The summed E-state index contributed by atoms with van der Waals surface area (Å²) in [5.74, 6) is 0.266. The number of nitrogens with one attached hydrogen (secondary N) is 1. The number of carbonyl (C=O) groups is 1. The van der Waals surface area contributed by atoms with Crippen molar-refractivity contribution in [3.05, 3.63) is 22.4 Å². The first-order valence-corrected chi connectivity index (χ1v) is 8.00. The second-order valence-electron chi connectivity index (χ2n) is 5.44. The Morgan fingerprint density at radius 2 is 2.11 bits per heavy atom. The van der Waals surface area contributed by atoms with E-state index in [0.717, 1.165) is 32.7 Å². The predicted octanol–water partition coefficient (Wildman–Crippen LogP) is 1.14. The average molecular weight is 279 g/mol. The van der Waals surface area contributed by atoms with Gasteiger partial charge in [0.2, 0.25) is 5.91 Å². The minimum Gasteiger partial charge on any atom is -0.339 e. The maximum absolute atomic E-state index is 12.0. The Morgan fingerprint density at radius 3 is 2.74 bits per heavy atom. The van der Waals surface area contributed by atoms with Crippen LogP contribution in [-0.4, -0.2) is 54.5 Å². The highest BCUT2D eigenvalue weighted by atomic mass is 32.1. The molecule has 0 spiro atoms. The summed E-state index contributed by atoms with van der Waals surface area (Å²) >= 11 is 1.75. The minimum atomic E-state index is 0.266. The van der Waals surface area contributed by atoms with Gasteiger partial charge in [-0.25, -0.2) is 0 Å². The van der Waals surface area contributed by atoms with Crippen molar-refractivity contribution < 1.29 is 4.79 Å². The molecule has 104 valence electrons. The third kappa shape index (κ3) is 3.78. The van der Waals surface area contributed by atoms with E-state index in [1.807, 2.05) is 4.90 Å². The largest absolute Gasteiger partial charge is 0.339 e. The second kappa shape index (κ2) is 6.03. The van der Waals surface area contributed by atoms with Gasteiger partial charge in [-0.05, 0) is 35.2 Å². The van der Waals surface area contributed by atoms with Crippen LogP contribution in [0.15, 0.2) is 16.8 Å². The Hall–Kier alpha value is -0.910. The topological polar surface area (TPSA) is 35.6 Å². The van der Waals surface area contributed by atoms with Crippen molar-refractivity contribution in [2.24, 2.45) is 0 Å². The van der Waals surface area contributed by atoms with Crippen LogP contribution in [0.4, 0.5) is 0 Å². The SMILES string of the molecule is O=C(CNC1CC1)N1CCN(Cc2ccsc2)CC1. The molecular weight excluding hydrogens is 258 g/mol. The normalized spacial score (nSPS) is 20.7. The lowest BCUT2D eigenvalue weighted by atomic mass is 10.2. The molecular formula is C14H21N3OS. The third-order valence-corrected chi connectivity index (χ3v) is 4.56. The molecule has 1 amide bonds. The van der Waals surface area contributed by atoms with E-state index in [9.17, 15) is 4.79 Å². The van der Waals surface area contributed by atoms with E-state index in [1.54, 1.807) is 11.3 Å². The van der Waals surface area contributed by atoms with E-state index in [0.29, 0.717) is 12.6 Å². The molecule has 5 heteroatoms. The summed E-state index contributed by atoms with van der Waals surface area (Å²) in [7, 11) is 0. The molecule has 1 saturated heterocycles. The zero-order chi connectivity index (χ0) is 13.1. The van der Waals surface area contributed by atoms with Crippen LogP contribution in [0.25, 0.3) is 0 Å². The van der Waals surface area contributed by atoms with Crippen LogP contribution in [0.1, 0.15) is 18.4 Å². The summed E-state index contributed by atoms with van der Waals surface area (Å²) in [6.07, 6.45) is 2.48. The van der Waals surface area contributed by atoms with Gasteiger partial charge >= 0.3 is 0 Å². The highest BCUT2D eigenvalue weighted by molar-refractivity contribution is 7.07. The van der Waals surface area contributed by atoms with Gasteiger partial charge in [0.1, 0.15) is 0 Å². The molecule has 0 unspecified atom stereocenters. The Labute approximate surface area is 118 Å². The van der Waals surface area contributed by atoms with Gasteiger partial charge in [-0.3, -0.25) is 9.69 Å². The number of hydrogen-bond acceptors (Lipinski definition) is 4. The standard InChI is InChI=1S/C14H21N3OS/c18-14(9-15-13-1-2-13)17-6-4-16(5-7-17)10-12-3-8-19-11-12/h3,8,11,13,15H,1-2,4-7,9-10H2. The molecule has 1 aromatic rings. The molecule has 1 aliphatic heterocycles. The van der Waals surface area contributed by atoms with Crippen molar-refractivity contribution in [2.45, 2.75) is 25.4 Å². The van der Waals surface area contributed by atoms with Crippen LogP contribution >= 0.6 is 11.3 Å². The van der Waals surface area contributed by atoms with Gasteiger partial charge in [-0.15, -0.1) is 0 Å². The average Bonchev–Trinajstić information content (AvgIpc) is 3.13. The molecule has 2 aliphatic rings. The molecule has 4 nitrogen and oxygen atoms in total. The molecule has 3 rings (SSSR count). The van der Waals surface area contributed by atoms with Crippen LogP contribution in [0.2, 0.25) is 0 Å². The molecule has 0 radical (unpaired) electrons. The highest BCUT2D eigenvalue weighted by Gasteiger charge is 2.24. The van der Waals surface area contributed by atoms with Crippen molar-refractivity contribution in [3.8, 4) is 0 Å². The van der Waals surface area contributed by atoms with E-state index in [1.165, 1.54) is 18.4 Å². The molecule has 0 bridgehead atoms. The first-order chi connectivity index (χ1) is 9.31. The number of hydrogen-bond donors (Lipinski definition) is 1. The summed E-state index contributed by atoms with van der Waals surface area (Å²) in [6.45, 7) is 5.27. The quantitative estimate of drug-likeness (QED) is 0.878. The summed E-state index contributed by atoms with van der Waals surface area (Å²) in [5.41, 5.74) is 1.39. The molecule has 1 N–H and O–H groups in total. The lowest BCUT2D eigenvalue weighted by Gasteiger charge is -2.34. The summed E-state index contributed by atoms with van der Waals surface area (Å²) in [5, 5.41) is 7.63. The zero-order valence-corrected chi connectivity index (χ0v) is 12.0. The third-order valence-electron chi connectivity index (χ3n) is 3.83. The van der Waals surface area contributed by atoms with Gasteiger partial charge in [0, 0.05) is 38.8 Å². The van der Waals surface area contributed by atoms with Crippen molar-refractivity contribution in [1.82, 2.24) is 15.1 Å². The Morgan fingerprint density at radius 1 is 1.32 bits per heavy atom. The maximum Gasteiger partial charge on any atom is 0.236 e. The van der Waals surface area contributed by atoms with E-state index in [-0.39, 0.29) is 5.91 Å². The monoisotopic (exact) mass is 279 g/mol. The highest BCUT2D eigenvalue weighted by Crippen LogP contribution is 2.18. The predicted molar refractivity (Wildman–Crippen MR) is 77.2 cm³/mol. The fourth-order valence-electron chi connectivity index (χ4n) is 2.43. The van der Waals surface area contributed by atoms with Crippen LogP contribution < -0.4 is 5.32 Å². The number of thiophene rings is 1. The van der Waals surface area contributed by atoms with Gasteiger partial charge in [-0.1, -0.05) is 0 Å². The molecule has 2 heterocycles. The summed E-state index contributed by atoms with van der Waals surface area (Å²) in [4.78, 5) is 16.4. The summed E-state index contributed by atoms with van der Waals surface area (Å²) in [6, 6.07) is 2.80. The van der Waals surface area contributed by atoms with Crippen LogP contribution in [0, 0.1) is 0 Å². The molecule has 1 saturated carbocycles. The second-order valence-corrected chi connectivity index (χ2v) is 6.22. The molecule has 2 fully saturated rings. The fourth-order valence-corrected chi connectivity index (χ4v) is 3.09. The lowest BCUT2D eigenvalue weighted by Crippen LogP contribution is -2.50. The number of carbonyl (C=O) groups excluding carboxylic acids is 1. The molecule has 1 aliphatic carbocycles. The number of piperazine rings is 1. The molecule has 1 aromatic heterocycles. The Bertz CT molecular complexity index is 408. The first-order valence-electron chi connectivity index (χ1n) is 7.06. The first kappa shape index (κ1) is 13.1. The molecule has 0 aromatic carbocycles. The maximum atomic E-state index is 12.0. The lowest BCUT2D eigenvalue weighted by molar-refractivity contribution is -0.132. The van der Waals surface area contributed by atoms with Crippen molar-refractivity contribution in [3.63, 3.8) is 0 Å². The van der Waals surface area contributed by atoms with Crippen molar-refractivity contribution in [1.29, 1.82) is 0 Å². The summed E-state index contributed by atoms with van der Waals surface area (Å²) < 4.78 is 0. The van der Waals surface area contributed by atoms with E-state index >= 15 is 0 Å². The van der Waals surface area contributed by atoms with E-state index in [4.69, 9.17) is 0 Å². The smallest absolute Gasteiger partial charge is 0.236 e. The van der Waals surface area contributed by atoms with Crippen molar-refractivity contribution in [2.75, 3.05) is 32.7 Å².